The summed E-state index contributed by atoms with van der Waals surface area (Å²) < 4.78 is 22.9. The van der Waals surface area contributed by atoms with Crippen LogP contribution in [-0.4, -0.2) is 75.2 Å². The summed E-state index contributed by atoms with van der Waals surface area (Å²) in [6, 6.07) is 18.1. The number of aryl methyl sites for hydroxylation is 2. The molecule has 0 aliphatic carbocycles. The summed E-state index contributed by atoms with van der Waals surface area (Å²) >= 11 is 0. The van der Waals surface area contributed by atoms with Crippen LogP contribution in [0.2, 0.25) is 0 Å². The summed E-state index contributed by atoms with van der Waals surface area (Å²) in [5, 5.41) is 9.08. The first kappa shape index (κ1) is 28.3. The number of benzene rings is 3. The van der Waals surface area contributed by atoms with Crippen molar-refractivity contribution in [2.75, 3.05) is 26.4 Å². The van der Waals surface area contributed by atoms with E-state index in [1.807, 2.05) is 37.3 Å². The second kappa shape index (κ2) is 13.3. The zero-order valence-electron chi connectivity index (χ0n) is 20.5. The number of aliphatic carboxylic acids is 1. The molecular formula is C29H34CaO6. The maximum absolute atomic E-state index is 11.1. The molecule has 3 aromatic rings. The third kappa shape index (κ3) is 7.16. The number of carbonyl (C=O) groups is 1. The number of hydrogen-bond acceptors (Lipinski definition) is 5. The van der Waals surface area contributed by atoms with E-state index >= 15 is 0 Å². The van der Waals surface area contributed by atoms with Gasteiger partial charge in [0.15, 0.2) is 0 Å². The molecule has 1 unspecified atom stereocenters. The second-order valence-electron chi connectivity index (χ2n) is 8.77. The Bertz CT molecular complexity index is 1170. The molecule has 1 aliphatic rings. The second-order valence-corrected chi connectivity index (χ2v) is 8.77. The Kier molecular flexibility index (Phi) is 10.5. The number of carboxylic acid groups (broad SMARTS) is 1. The molecular weight excluding hydrogens is 484 g/mol. The Labute approximate surface area is 242 Å². The first-order chi connectivity index (χ1) is 16.9. The van der Waals surface area contributed by atoms with Gasteiger partial charge in [0.2, 0.25) is 0 Å². The molecule has 4 rings (SSSR count). The van der Waals surface area contributed by atoms with Crippen molar-refractivity contribution in [3.8, 4) is 28.4 Å². The molecule has 0 amide bonds. The zero-order valence-corrected chi connectivity index (χ0v) is 20.5. The van der Waals surface area contributed by atoms with Gasteiger partial charge in [0.1, 0.15) is 30.5 Å². The minimum absolute atomic E-state index is 0. The molecule has 0 aromatic heterocycles. The van der Waals surface area contributed by atoms with Crippen LogP contribution in [0.3, 0.4) is 0 Å². The summed E-state index contributed by atoms with van der Waals surface area (Å²) in [6.07, 6.45) is 0.0687. The molecule has 0 saturated heterocycles. The van der Waals surface area contributed by atoms with Crippen molar-refractivity contribution in [1.82, 2.24) is 0 Å². The number of carboxylic acids is 1. The van der Waals surface area contributed by atoms with E-state index < -0.39 is 5.97 Å². The predicted molar refractivity (Wildman–Crippen MR) is 143 cm³/mol. The molecule has 0 bridgehead atoms. The zero-order chi connectivity index (χ0) is 24.8. The molecule has 1 heterocycles. The van der Waals surface area contributed by atoms with E-state index in [1.54, 1.807) is 0 Å². The normalized spacial score (nSPS) is 13.9. The summed E-state index contributed by atoms with van der Waals surface area (Å²) in [6.45, 7) is 8.79. The molecule has 1 aliphatic heterocycles. The summed E-state index contributed by atoms with van der Waals surface area (Å²) in [4.78, 5) is 11.1. The van der Waals surface area contributed by atoms with Crippen molar-refractivity contribution in [3.63, 3.8) is 0 Å². The average molecular weight is 519 g/mol. The van der Waals surface area contributed by atoms with Gasteiger partial charge >= 0.3 is 43.7 Å². The maximum atomic E-state index is 11.1. The van der Waals surface area contributed by atoms with E-state index in [-0.39, 0.29) is 50.1 Å². The average Bonchev–Trinajstić information content (AvgIpc) is 3.22. The van der Waals surface area contributed by atoms with Gasteiger partial charge in [-0.1, -0.05) is 24.3 Å². The van der Waals surface area contributed by atoms with Crippen molar-refractivity contribution in [2.24, 2.45) is 0 Å². The van der Waals surface area contributed by atoms with Crippen LogP contribution in [0.5, 0.6) is 17.2 Å². The SMILES string of the molecule is CCOCCOc1cc(C)c(-c2cccc(COc3ccc4c(c3)OCC4CC(=O)O)c2)c(C)c1.[CaH2]. The Morgan fingerprint density at radius 3 is 2.50 bits per heavy atom. The van der Waals surface area contributed by atoms with Crippen molar-refractivity contribution in [2.45, 2.75) is 39.7 Å². The molecule has 0 spiro atoms. The summed E-state index contributed by atoms with van der Waals surface area (Å²) in [5.74, 6) is 1.33. The molecule has 1 N–H and O–H groups in total. The number of hydrogen-bond donors (Lipinski definition) is 1. The predicted octanol–water partition coefficient (Wildman–Crippen LogP) is 5.00. The number of fused-ring (bicyclic) bond motifs is 1. The van der Waals surface area contributed by atoms with Crippen LogP contribution in [0.25, 0.3) is 11.1 Å². The Balaban J connectivity index is 0.00000361. The van der Waals surface area contributed by atoms with E-state index in [9.17, 15) is 4.79 Å². The third-order valence-electron chi connectivity index (χ3n) is 6.11. The first-order valence-corrected chi connectivity index (χ1v) is 12.0. The topological polar surface area (TPSA) is 74.2 Å². The van der Waals surface area contributed by atoms with Gasteiger partial charge in [0, 0.05) is 24.2 Å². The van der Waals surface area contributed by atoms with Crippen molar-refractivity contribution in [1.29, 1.82) is 0 Å². The van der Waals surface area contributed by atoms with Gasteiger partial charge in [-0.25, -0.2) is 0 Å². The molecule has 7 heteroatoms. The molecule has 6 nitrogen and oxygen atoms in total. The Morgan fingerprint density at radius 1 is 1.00 bits per heavy atom. The minimum atomic E-state index is -0.819. The van der Waals surface area contributed by atoms with E-state index in [2.05, 4.69) is 38.1 Å². The quantitative estimate of drug-likeness (QED) is 0.285. The standard InChI is InChI=1S/C29H32O6.Ca.2H/c1-4-32-10-11-33-25-12-19(2)29(20(3)13-25)22-7-5-6-21(14-22)17-34-24-8-9-26-23(15-28(30)31)18-35-27(26)16-24;;;/h5-9,12-14,16,23H,4,10-11,15,17-18H2,1-3H3,(H,30,31);;;. The van der Waals surface area contributed by atoms with E-state index in [1.165, 1.54) is 5.56 Å². The van der Waals surface area contributed by atoms with E-state index in [0.717, 1.165) is 33.6 Å². The molecule has 0 radical (unpaired) electrons. The van der Waals surface area contributed by atoms with Crippen molar-refractivity contribution < 1.29 is 28.8 Å². The van der Waals surface area contributed by atoms with Crippen LogP contribution in [0.4, 0.5) is 0 Å². The molecule has 0 saturated carbocycles. The Morgan fingerprint density at radius 2 is 1.78 bits per heavy atom. The van der Waals surface area contributed by atoms with Gasteiger partial charge in [-0.05, 0) is 72.9 Å². The van der Waals surface area contributed by atoms with Gasteiger partial charge in [0.25, 0.3) is 0 Å². The van der Waals surface area contributed by atoms with Crippen molar-refractivity contribution in [3.05, 3.63) is 76.9 Å². The molecule has 3 aromatic carbocycles. The van der Waals surface area contributed by atoms with Crippen LogP contribution in [0.1, 0.15) is 41.5 Å². The fraction of sp³-hybridized carbons (Fsp3) is 0.345. The monoisotopic (exact) mass is 518 g/mol. The van der Waals surface area contributed by atoms with Crippen molar-refractivity contribution >= 4 is 43.7 Å². The van der Waals surface area contributed by atoms with Gasteiger partial charge in [-0.2, -0.15) is 0 Å². The Hall–Kier alpha value is -2.25. The van der Waals surface area contributed by atoms with E-state index in [0.29, 0.717) is 44.5 Å². The molecule has 0 fully saturated rings. The van der Waals surface area contributed by atoms with Crippen LogP contribution in [0, 0.1) is 13.8 Å². The molecule has 36 heavy (non-hydrogen) atoms. The molecule has 1 atom stereocenters. The van der Waals surface area contributed by atoms with Gasteiger partial charge in [0.05, 0.1) is 19.6 Å². The van der Waals surface area contributed by atoms with Gasteiger partial charge < -0.3 is 24.1 Å². The summed E-state index contributed by atoms with van der Waals surface area (Å²) in [7, 11) is 0. The number of rotatable bonds is 11. The van der Waals surface area contributed by atoms with Crippen LogP contribution < -0.4 is 14.2 Å². The number of ether oxygens (including phenoxy) is 4. The fourth-order valence-electron chi connectivity index (χ4n) is 4.54. The van der Waals surface area contributed by atoms with Gasteiger partial charge in [-0.3, -0.25) is 4.79 Å². The first-order valence-electron chi connectivity index (χ1n) is 12.0. The van der Waals surface area contributed by atoms with Crippen LogP contribution in [-0.2, 0) is 16.1 Å². The van der Waals surface area contributed by atoms with E-state index in [4.69, 9.17) is 24.1 Å². The third-order valence-corrected chi connectivity index (χ3v) is 6.11. The van der Waals surface area contributed by atoms with Crippen LogP contribution >= 0.6 is 0 Å². The fourth-order valence-corrected chi connectivity index (χ4v) is 4.54. The summed E-state index contributed by atoms with van der Waals surface area (Å²) in [5.41, 5.74) is 6.62. The molecule has 188 valence electrons. The van der Waals surface area contributed by atoms with Crippen LogP contribution in [0.15, 0.2) is 54.6 Å². The van der Waals surface area contributed by atoms with Gasteiger partial charge in [-0.15, -0.1) is 0 Å².